The molecule has 2 aromatic carbocycles. The van der Waals surface area contributed by atoms with E-state index in [1.54, 1.807) is 0 Å². The fourth-order valence-corrected chi connectivity index (χ4v) is 4.71. The number of pyridine rings is 1. The van der Waals surface area contributed by atoms with E-state index in [1.165, 1.54) is 0 Å². The van der Waals surface area contributed by atoms with Gasteiger partial charge in [-0.2, -0.15) is 10.5 Å². The lowest BCUT2D eigenvalue weighted by Gasteiger charge is -2.28. The predicted octanol–water partition coefficient (Wildman–Crippen LogP) is 4.77. The van der Waals surface area contributed by atoms with Gasteiger partial charge in [0.2, 0.25) is 0 Å². The molecule has 1 aliphatic heterocycles. The van der Waals surface area contributed by atoms with Crippen LogP contribution >= 0.6 is 0 Å². The number of rotatable bonds is 4. The molecular formula is C28H26N6. The SMILES string of the molecule is CC(c1c(-c2ccc(C#N)cc2)nc2ccc(-c3ccc(C#N)cc3)cn12)N1CCCNCC1. The number of nitrogens with one attached hydrogen (secondary N) is 1. The second-order valence-electron chi connectivity index (χ2n) is 8.69. The van der Waals surface area contributed by atoms with Crippen LogP contribution in [0.1, 0.15) is 36.2 Å². The van der Waals surface area contributed by atoms with Crippen LogP contribution in [0.4, 0.5) is 0 Å². The van der Waals surface area contributed by atoms with Crippen molar-refractivity contribution in [2.75, 3.05) is 26.2 Å². The van der Waals surface area contributed by atoms with Crippen LogP contribution in [-0.2, 0) is 0 Å². The molecule has 1 aliphatic rings. The third-order valence-electron chi connectivity index (χ3n) is 6.61. The summed E-state index contributed by atoms with van der Waals surface area (Å²) in [6, 6.07) is 24.0. The number of aromatic nitrogens is 2. The van der Waals surface area contributed by atoms with Crippen molar-refractivity contribution in [3.8, 4) is 34.5 Å². The third-order valence-corrected chi connectivity index (χ3v) is 6.61. The molecule has 2 aromatic heterocycles. The lowest BCUT2D eigenvalue weighted by molar-refractivity contribution is 0.221. The van der Waals surface area contributed by atoms with Crippen molar-refractivity contribution in [2.45, 2.75) is 19.4 Å². The highest BCUT2D eigenvalue weighted by Crippen LogP contribution is 2.34. The van der Waals surface area contributed by atoms with Gasteiger partial charge >= 0.3 is 0 Å². The van der Waals surface area contributed by atoms with Crippen molar-refractivity contribution in [1.29, 1.82) is 10.5 Å². The van der Waals surface area contributed by atoms with Crippen molar-refractivity contribution in [3.05, 3.63) is 83.7 Å². The number of benzene rings is 2. The summed E-state index contributed by atoms with van der Waals surface area (Å²) in [5, 5.41) is 21.9. The first-order valence-corrected chi connectivity index (χ1v) is 11.7. The summed E-state index contributed by atoms with van der Waals surface area (Å²) in [5.74, 6) is 0. The summed E-state index contributed by atoms with van der Waals surface area (Å²) < 4.78 is 2.21. The van der Waals surface area contributed by atoms with Crippen molar-refractivity contribution in [1.82, 2.24) is 19.6 Å². The fraction of sp³-hybridized carbons (Fsp3) is 0.250. The first kappa shape index (κ1) is 21.9. The monoisotopic (exact) mass is 446 g/mol. The average Bonchev–Trinajstić information content (AvgIpc) is 3.06. The molecule has 0 amide bonds. The maximum Gasteiger partial charge on any atom is 0.137 e. The van der Waals surface area contributed by atoms with Crippen LogP contribution in [0, 0.1) is 22.7 Å². The minimum atomic E-state index is 0.164. The predicted molar refractivity (Wildman–Crippen MR) is 133 cm³/mol. The fourth-order valence-electron chi connectivity index (χ4n) is 4.71. The van der Waals surface area contributed by atoms with Crippen LogP contribution < -0.4 is 5.32 Å². The van der Waals surface area contributed by atoms with Gasteiger partial charge in [-0.3, -0.25) is 4.90 Å². The Morgan fingerprint density at radius 3 is 2.15 bits per heavy atom. The molecule has 0 saturated carbocycles. The molecule has 34 heavy (non-hydrogen) atoms. The van der Waals surface area contributed by atoms with E-state index in [-0.39, 0.29) is 6.04 Å². The molecule has 1 unspecified atom stereocenters. The van der Waals surface area contributed by atoms with Gasteiger partial charge in [-0.25, -0.2) is 4.98 Å². The van der Waals surface area contributed by atoms with E-state index in [0.717, 1.165) is 66.3 Å². The first-order chi connectivity index (χ1) is 16.7. The Hall–Kier alpha value is -3.97. The topological polar surface area (TPSA) is 80.1 Å². The molecule has 168 valence electrons. The molecule has 0 radical (unpaired) electrons. The lowest BCUT2D eigenvalue weighted by Crippen LogP contribution is -2.31. The molecule has 6 heteroatoms. The number of imidazole rings is 1. The van der Waals surface area contributed by atoms with Crippen molar-refractivity contribution < 1.29 is 0 Å². The van der Waals surface area contributed by atoms with Gasteiger partial charge in [-0.1, -0.05) is 24.3 Å². The maximum absolute atomic E-state index is 9.22. The maximum atomic E-state index is 9.22. The highest BCUT2D eigenvalue weighted by molar-refractivity contribution is 5.71. The Kier molecular flexibility index (Phi) is 6.10. The third kappa shape index (κ3) is 4.18. The van der Waals surface area contributed by atoms with Crippen LogP contribution in [0.5, 0.6) is 0 Å². The van der Waals surface area contributed by atoms with E-state index in [2.05, 4.69) is 52.0 Å². The first-order valence-electron chi connectivity index (χ1n) is 11.7. The van der Waals surface area contributed by atoms with E-state index >= 15 is 0 Å². The zero-order valence-corrected chi connectivity index (χ0v) is 19.2. The standard InChI is InChI=1S/C28H26N6/c1-20(33-15-2-13-31-14-16-33)28-27(24-9-5-22(18-30)6-10-24)32-26-12-11-25(19-34(26)28)23-7-3-21(17-29)4-8-23/h3-12,19-20,31H,2,13-16H2,1H3. The van der Waals surface area contributed by atoms with Crippen LogP contribution in [0.25, 0.3) is 28.0 Å². The van der Waals surface area contributed by atoms with Gasteiger partial charge in [-0.15, -0.1) is 0 Å². The van der Waals surface area contributed by atoms with Crippen molar-refractivity contribution in [3.63, 3.8) is 0 Å². The molecule has 5 rings (SSSR count). The van der Waals surface area contributed by atoms with Gasteiger partial charge in [0.1, 0.15) is 5.65 Å². The molecule has 0 spiro atoms. The van der Waals surface area contributed by atoms with Gasteiger partial charge in [0.15, 0.2) is 0 Å². The minimum Gasteiger partial charge on any atom is -0.315 e. The van der Waals surface area contributed by atoms with Crippen molar-refractivity contribution in [2.24, 2.45) is 0 Å². The summed E-state index contributed by atoms with van der Waals surface area (Å²) in [6.07, 6.45) is 3.27. The van der Waals surface area contributed by atoms with Crippen molar-refractivity contribution >= 4 is 5.65 Å². The highest BCUT2D eigenvalue weighted by atomic mass is 15.2. The molecule has 1 fully saturated rings. The second-order valence-corrected chi connectivity index (χ2v) is 8.69. The Balaban J connectivity index is 1.65. The second kappa shape index (κ2) is 9.49. The van der Waals surface area contributed by atoms with E-state index in [9.17, 15) is 5.26 Å². The van der Waals surface area contributed by atoms with Gasteiger partial charge in [0.25, 0.3) is 0 Å². The Morgan fingerprint density at radius 2 is 1.47 bits per heavy atom. The average molecular weight is 447 g/mol. The molecule has 0 bridgehead atoms. The zero-order valence-electron chi connectivity index (χ0n) is 19.2. The normalized spacial score (nSPS) is 15.4. The molecule has 0 aliphatic carbocycles. The summed E-state index contributed by atoms with van der Waals surface area (Å²) >= 11 is 0. The van der Waals surface area contributed by atoms with E-state index in [4.69, 9.17) is 10.2 Å². The quantitative estimate of drug-likeness (QED) is 0.489. The molecule has 1 atom stereocenters. The smallest absolute Gasteiger partial charge is 0.137 e. The minimum absolute atomic E-state index is 0.164. The van der Waals surface area contributed by atoms with E-state index < -0.39 is 0 Å². The van der Waals surface area contributed by atoms with Gasteiger partial charge in [-0.05, 0) is 67.4 Å². The van der Waals surface area contributed by atoms with Gasteiger partial charge in [0.05, 0.1) is 34.7 Å². The molecule has 6 nitrogen and oxygen atoms in total. The summed E-state index contributed by atoms with van der Waals surface area (Å²) in [4.78, 5) is 7.55. The van der Waals surface area contributed by atoms with Gasteiger partial charge < -0.3 is 9.72 Å². The molecule has 3 heterocycles. The number of nitriles is 2. The van der Waals surface area contributed by atoms with Gasteiger partial charge in [0, 0.05) is 37.4 Å². The molecule has 1 N–H and O–H groups in total. The lowest BCUT2D eigenvalue weighted by atomic mass is 10.0. The Labute approximate surface area is 199 Å². The molecule has 1 saturated heterocycles. The summed E-state index contributed by atoms with van der Waals surface area (Å²) in [6.45, 7) is 6.29. The number of nitrogens with zero attached hydrogens (tertiary/aromatic N) is 5. The molecule has 4 aromatic rings. The van der Waals surface area contributed by atoms with Crippen LogP contribution in [-0.4, -0.2) is 40.5 Å². The van der Waals surface area contributed by atoms with Crippen LogP contribution in [0.2, 0.25) is 0 Å². The number of hydrogen-bond donors (Lipinski definition) is 1. The number of fused-ring (bicyclic) bond motifs is 1. The largest absolute Gasteiger partial charge is 0.315 e. The van der Waals surface area contributed by atoms with Crippen LogP contribution in [0.3, 0.4) is 0 Å². The number of hydrogen-bond acceptors (Lipinski definition) is 5. The van der Waals surface area contributed by atoms with E-state index in [1.807, 2.05) is 48.5 Å². The Morgan fingerprint density at radius 1 is 0.824 bits per heavy atom. The zero-order chi connectivity index (χ0) is 23.5. The van der Waals surface area contributed by atoms with E-state index in [0.29, 0.717) is 11.1 Å². The molecular weight excluding hydrogens is 420 g/mol. The summed E-state index contributed by atoms with van der Waals surface area (Å²) in [7, 11) is 0. The summed E-state index contributed by atoms with van der Waals surface area (Å²) in [5.41, 5.74) is 7.44. The Bertz CT molecular complexity index is 1380. The van der Waals surface area contributed by atoms with Crippen LogP contribution in [0.15, 0.2) is 66.9 Å². The highest BCUT2D eigenvalue weighted by Gasteiger charge is 2.25.